The molecule has 1 heterocycles. The molecule has 1 aliphatic carbocycles. The van der Waals surface area contributed by atoms with Gasteiger partial charge in [-0.2, -0.15) is 0 Å². The topological polar surface area (TPSA) is 42.4 Å². The van der Waals surface area contributed by atoms with Crippen LogP contribution in [-0.2, 0) is 11.2 Å². The normalized spacial score (nSPS) is 22.4. The minimum atomic E-state index is -0.538. The Hall–Kier alpha value is -0.640. The lowest BCUT2D eigenvalue weighted by Crippen LogP contribution is -2.49. The number of nitrogens with zero attached hydrogens (tertiary/aromatic N) is 1. The van der Waals surface area contributed by atoms with Gasteiger partial charge in [0.2, 0.25) is 0 Å². The molecule has 1 atom stereocenters. The van der Waals surface area contributed by atoms with E-state index in [9.17, 15) is 5.11 Å². The molecule has 0 saturated heterocycles. The van der Waals surface area contributed by atoms with Gasteiger partial charge in [0.25, 0.3) is 0 Å². The third-order valence-corrected chi connectivity index (χ3v) is 5.07. The summed E-state index contributed by atoms with van der Waals surface area (Å²) in [6, 6.07) is 1.86. The van der Waals surface area contributed by atoms with Crippen molar-refractivity contribution in [3.8, 4) is 0 Å². The van der Waals surface area contributed by atoms with Gasteiger partial charge in [0.1, 0.15) is 0 Å². The van der Waals surface area contributed by atoms with Gasteiger partial charge >= 0.3 is 0 Å². The van der Waals surface area contributed by atoms with Crippen molar-refractivity contribution in [1.29, 1.82) is 0 Å². The van der Waals surface area contributed by atoms with Crippen LogP contribution >= 0.6 is 11.6 Å². The first kappa shape index (κ1) is 15.7. The Balaban J connectivity index is 2.10. The minimum absolute atomic E-state index is 0.343. The van der Waals surface area contributed by atoms with E-state index in [0.717, 1.165) is 31.2 Å². The summed E-state index contributed by atoms with van der Waals surface area (Å²) < 4.78 is 5.74. The quantitative estimate of drug-likeness (QED) is 0.923. The van der Waals surface area contributed by atoms with Crippen molar-refractivity contribution in [1.82, 2.24) is 4.98 Å². The van der Waals surface area contributed by atoms with Gasteiger partial charge in [0.05, 0.1) is 16.7 Å². The molecule has 1 unspecified atom stereocenters. The van der Waals surface area contributed by atoms with E-state index in [1.807, 2.05) is 6.07 Å². The first-order valence-electron chi connectivity index (χ1n) is 7.20. The van der Waals surface area contributed by atoms with E-state index in [1.165, 1.54) is 0 Å². The van der Waals surface area contributed by atoms with Gasteiger partial charge in [-0.3, -0.25) is 4.98 Å². The highest BCUT2D eigenvalue weighted by atomic mass is 35.5. The molecule has 3 nitrogen and oxygen atoms in total. The maximum Gasteiger partial charge on any atom is 0.0940 e. The molecule has 1 saturated carbocycles. The average Bonchev–Trinajstić information content (AvgIpc) is 2.42. The maximum absolute atomic E-state index is 10.7. The predicted octanol–water partition coefficient (Wildman–Crippen LogP) is 3.62. The molecule has 0 spiro atoms. The van der Waals surface area contributed by atoms with Crippen LogP contribution in [0, 0.1) is 5.41 Å². The molecule has 1 N–H and O–H groups in total. The molecule has 0 aliphatic heterocycles. The number of hydrogen-bond acceptors (Lipinski definition) is 3. The number of hydrogen-bond donors (Lipinski definition) is 1. The van der Waals surface area contributed by atoms with Gasteiger partial charge in [-0.15, -0.1) is 0 Å². The summed E-state index contributed by atoms with van der Waals surface area (Å²) in [5.41, 5.74) is 0.827. The third kappa shape index (κ3) is 3.33. The van der Waals surface area contributed by atoms with Gasteiger partial charge in [-0.25, -0.2) is 0 Å². The van der Waals surface area contributed by atoms with Crippen molar-refractivity contribution < 1.29 is 9.84 Å². The summed E-state index contributed by atoms with van der Waals surface area (Å²) >= 11 is 6.13. The van der Waals surface area contributed by atoms with Crippen LogP contribution in [0.25, 0.3) is 0 Å². The van der Waals surface area contributed by atoms with Crippen molar-refractivity contribution in [3.63, 3.8) is 0 Å². The van der Waals surface area contributed by atoms with Crippen molar-refractivity contribution in [2.75, 3.05) is 7.11 Å². The number of methoxy groups -OCH3 is 1. The van der Waals surface area contributed by atoms with Gasteiger partial charge in [-0.05, 0) is 42.7 Å². The summed E-state index contributed by atoms with van der Waals surface area (Å²) in [6.07, 6.45) is 7.22. The molecule has 1 fully saturated rings. The predicted molar refractivity (Wildman–Crippen MR) is 80.9 cm³/mol. The Labute approximate surface area is 126 Å². The number of aromatic nitrogens is 1. The monoisotopic (exact) mass is 297 g/mol. The minimum Gasteiger partial charge on any atom is -0.390 e. The SMILES string of the molecule is COC1(C(O)Cc2ccncc2Cl)CCC(C)(C)CC1. The maximum atomic E-state index is 10.7. The summed E-state index contributed by atoms with van der Waals surface area (Å²) in [4.78, 5) is 3.98. The Morgan fingerprint density at radius 3 is 2.55 bits per heavy atom. The second-order valence-corrected chi connectivity index (χ2v) is 7.03. The molecule has 1 aromatic rings. The van der Waals surface area contributed by atoms with Crippen LogP contribution in [-0.4, -0.2) is 28.9 Å². The second-order valence-electron chi connectivity index (χ2n) is 6.62. The van der Waals surface area contributed by atoms with Gasteiger partial charge in [0, 0.05) is 25.9 Å². The van der Waals surface area contributed by atoms with E-state index in [2.05, 4.69) is 18.8 Å². The first-order valence-corrected chi connectivity index (χ1v) is 7.58. The van der Waals surface area contributed by atoms with Crippen LogP contribution < -0.4 is 0 Å². The van der Waals surface area contributed by atoms with Crippen molar-refractivity contribution >= 4 is 11.6 Å². The number of aliphatic hydroxyl groups excluding tert-OH is 1. The number of halogens is 1. The van der Waals surface area contributed by atoms with E-state index in [0.29, 0.717) is 16.9 Å². The smallest absolute Gasteiger partial charge is 0.0940 e. The van der Waals surface area contributed by atoms with Crippen LogP contribution in [0.4, 0.5) is 0 Å². The van der Waals surface area contributed by atoms with Crippen molar-refractivity contribution in [2.45, 2.75) is 57.7 Å². The number of rotatable bonds is 4. The number of ether oxygens (including phenoxy) is 1. The Kier molecular flexibility index (Phi) is 4.73. The molecule has 0 aromatic carbocycles. The second kappa shape index (κ2) is 6.00. The Bertz CT molecular complexity index is 452. The Morgan fingerprint density at radius 2 is 2.00 bits per heavy atom. The molecule has 20 heavy (non-hydrogen) atoms. The van der Waals surface area contributed by atoms with E-state index in [1.54, 1.807) is 19.5 Å². The summed E-state index contributed by atoms with van der Waals surface area (Å²) in [5.74, 6) is 0. The van der Waals surface area contributed by atoms with Crippen LogP contribution in [0.1, 0.15) is 45.1 Å². The summed E-state index contributed by atoms with van der Waals surface area (Å²) in [6.45, 7) is 4.55. The molecular formula is C16H24ClNO2. The molecule has 0 radical (unpaired) electrons. The lowest BCUT2D eigenvalue weighted by atomic mass is 9.68. The zero-order chi connectivity index (χ0) is 14.8. The zero-order valence-corrected chi connectivity index (χ0v) is 13.3. The summed E-state index contributed by atoms with van der Waals surface area (Å²) in [5, 5.41) is 11.3. The molecule has 2 rings (SSSR count). The van der Waals surface area contributed by atoms with E-state index < -0.39 is 11.7 Å². The van der Waals surface area contributed by atoms with E-state index in [4.69, 9.17) is 16.3 Å². The largest absolute Gasteiger partial charge is 0.390 e. The van der Waals surface area contributed by atoms with Gasteiger partial charge < -0.3 is 9.84 Å². The molecule has 4 heteroatoms. The van der Waals surface area contributed by atoms with Crippen molar-refractivity contribution in [2.24, 2.45) is 5.41 Å². The summed E-state index contributed by atoms with van der Waals surface area (Å²) in [7, 11) is 1.70. The average molecular weight is 298 g/mol. The highest BCUT2D eigenvalue weighted by molar-refractivity contribution is 6.31. The van der Waals surface area contributed by atoms with E-state index in [-0.39, 0.29) is 0 Å². The molecule has 112 valence electrons. The molecule has 0 bridgehead atoms. The van der Waals surface area contributed by atoms with Gasteiger partial charge in [0.15, 0.2) is 0 Å². The lowest BCUT2D eigenvalue weighted by Gasteiger charge is -2.45. The van der Waals surface area contributed by atoms with Crippen LogP contribution in [0.15, 0.2) is 18.5 Å². The molecule has 0 amide bonds. The van der Waals surface area contributed by atoms with Crippen LogP contribution in [0.2, 0.25) is 5.02 Å². The van der Waals surface area contributed by atoms with Crippen LogP contribution in [0.3, 0.4) is 0 Å². The third-order valence-electron chi connectivity index (χ3n) is 4.73. The fourth-order valence-electron chi connectivity index (χ4n) is 2.99. The number of aliphatic hydroxyl groups is 1. The first-order chi connectivity index (χ1) is 9.38. The standard InChI is InChI=1S/C16H24ClNO2/c1-15(2)5-7-16(20-3,8-6-15)14(19)10-12-4-9-18-11-13(12)17/h4,9,11,14,19H,5-8,10H2,1-3H3. The molecular weight excluding hydrogens is 274 g/mol. The zero-order valence-electron chi connectivity index (χ0n) is 12.5. The Morgan fingerprint density at radius 1 is 1.35 bits per heavy atom. The lowest BCUT2D eigenvalue weighted by molar-refractivity contribution is -0.135. The number of pyridine rings is 1. The highest BCUT2D eigenvalue weighted by Gasteiger charge is 2.43. The fraction of sp³-hybridized carbons (Fsp3) is 0.688. The highest BCUT2D eigenvalue weighted by Crippen LogP contribution is 2.44. The van der Waals surface area contributed by atoms with Crippen molar-refractivity contribution in [3.05, 3.63) is 29.0 Å². The van der Waals surface area contributed by atoms with Crippen LogP contribution in [0.5, 0.6) is 0 Å². The fourth-order valence-corrected chi connectivity index (χ4v) is 3.18. The van der Waals surface area contributed by atoms with E-state index >= 15 is 0 Å². The molecule has 1 aliphatic rings. The van der Waals surface area contributed by atoms with Gasteiger partial charge in [-0.1, -0.05) is 25.4 Å². The molecule has 1 aromatic heterocycles.